The van der Waals surface area contributed by atoms with Gasteiger partial charge >= 0.3 is 12.1 Å². The van der Waals surface area contributed by atoms with Crippen LogP contribution in [0.25, 0.3) is 0 Å². The first-order valence-electron chi connectivity index (χ1n) is 7.49. The molecule has 1 rings (SSSR count). The molecule has 0 saturated carbocycles. The third kappa shape index (κ3) is 5.36. The van der Waals surface area contributed by atoms with Crippen LogP contribution in [0, 0.1) is 0 Å². The van der Waals surface area contributed by atoms with Gasteiger partial charge in [-0.05, 0) is 26.2 Å². The van der Waals surface area contributed by atoms with Gasteiger partial charge in [0.1, 0.15) is 6.04 Å². The molecule has 0 radical (unpaired) electrons. The van der Waals surface area contributed by atoms with Crippen LogP contribution in [0.15, 0.2) is 0 Å². The molecular formula is C14H26N2O4. The average Bonchev–Trinajstić information content (AvgIpc) is 2.44. The summed E-state index contributed by atoms with van der Waals surface area (Å²) in [6.45, 7) is 5.47. The van der Waals surface area contributed by atoms with E-state index in [4.69, 9.17) is 4.74 Å². The summed E-state index contributed by atoms with van der Waals surface area (Å²) in [5.41, 5.74) is 0. The summed E-state index contributed by atoms with van der Waals surface area (Å²) in [6, 6.07) is -0.312. The van der Waals surface area contributed by atoms with E-state index in [-0.39, 0.29) is 12.1 Å². The number of unbranched alkanes of at least 4 members (excludes halogenated alkanes) is 1. The molecule has 6 heteroatoms. The van der Waals surface area contributed by atoms with Gasteiger partial charge in [-0.1, -0.05) is 19.8 Å². The molecule has 0 aliphatic carbocycles. The Morgan fingerprint density at radius 3 is 2.50 bits per heavy atom. The van der Waals surface area contributed by atoms with Gasteiger partial charge in [-0.2, -0.15) is 0 Å². The number of hydrogen-bond acceptors (Lipinski definition) is 4. The normalized spacial score (nSPS) is 17.8. The summed E-state index contributed by atoms with van der Waals surface area (Å²) in [5.74, 6) is -0.786. The second-order valence-electron chi connectivity index (χ2n) is 5.16. The number of hydrogen-bond donors (Lipinski definition) is 2. The monoisotopic (exact) mass is 286 g/mol. The lowest BCUT2D eigenvalue weighted by Gasteiger charge is -2.33. The van der Waals surface area contributed by atoms with Crippen molar-refractivity contribution in [1.29, 1.82) is 0 Å². The van der Waals surface area contributed by atoms with Crippen molar-refractivity contribution in [3.63, 3.8) is 0 Å². The highest BCUT2D eigenvalue weighted by molar-refractivity contribution is 5.73. The number of likely N-dealkylation sites (tertiary alicyclic amines) is 1. The Morgan fingerprint density at radius 1 is 1.35 bits per heavy atom. The highest BCUT2D eigenvalue weighted by Gasteiger charge is 2.27. The molecule has 2 N–H and O–H groups in total. The molecule has 20 heavy (non-hydrogen) atoms. The molecule has 116 valence electrons. The van der Waals surface area contributed by atoms with E-state index < -0.39 is 12.0 Å². The largest absolute Gasteiger partial charge is 0.480 e. The third-order valence-corrected chi connectivity index (χ3v) is 3.60. The smallest absolute Gasteiger partial charge is 0.409 e. The van der Waals surface area contributed by atoms with Crippen LogP contribution in [0.1, 0.15) is 46.0 Å². The van der Waals surface area contributed by atoms with Crippen LogP contribution < -0.4 is 5.32 Å². The Labute approximate surface area is 120 Å². The van der Waals surface area contributed by atoms with E-state index in [1.165, 1.54) is 0 Å². The van der Waals surface area contributed by atoms with E-state index in [0.717, 1.165) is 25.7 Å². The highest BCUT2D eigenvalue weighted by atomic mass is 16.6. The topological polar surface area (TPSA) is 78.9 Å². The number of carboxylic acids is 1. The first kappa shape index (κ1) is 16.8. The van der Waals surface area contributed by atoms with E-state index in [2.05, 4.69) is 12.2 Å². The number of rotatable bonds is 7. The van der Waals surface area contributed by atoms with Gasteiger partial charge in [0.05, 0.1) is 6.61 Å². The zero-order valence-corrected chi connectivity index (χ0v) is 12.4. The van der Waals surface area contributed by atoms with E-state index in [1.807, 2.05) is 0 Å². The minimum Gasteiger partial charge on any atom is -0.480 e. The van der Waals surface area contributed by atoms with Gasteiger partial charge in [-0.3, -0.25) is 4.79 Å². The van der Waals surface area contributed by atoms with Gasteiger partial charge in [-0.25, -0.2) is 4.79 Å². The maximum absolute atomic E-state index is 11.6. The van der Waals surface area contributed by atoms with Crippen molar-refractivity contribution < 1.29 is 19.4 Å². The van der Waals surface area contributed by atoms with Crippen LogP contribution in [0.3, 0.4) is 0 Å². The zero-order valence-electron chi connectivity index (χ0n) is 12.4. The number of ether oxygens (including phenoxy) is 1. The summed E-state index contributed by atoms with van der Waals surface area (Å²) < 4.78 is 4.96. The molecule has 6 nitrogen and oxygen atoms in total. The SMILES string of the molecule is CCCCC(NC1CCN(C(=O)OCC)CC1)C(=O)O. The van der Waals surface area contributed by atoms with Crippen molar-refractivity contribution in [2.24, 2.45) is 0 Å². The summed E-state index contributed by atoms with van der Waals surface area (Å²) >= 11 is 0. The van der Waals surface area contributed by atoms with Crippen LogP contribution >= 0.6 is 0 Å². The van der Waals surface area contributed by atoms with Gasteiger partial charge in [0, 0.05) is 19.1 Å². The molecule has 1 aliphatic heterocycles. The number of aliphatic carboxylic acids is 1. The first-order chi connectivity index (χ1) is 9.58. The van der Waals surface area contributed by atoms with E-state index in [9.17, 15) is 14.7 Å². The Hall–Kier alpha value is -1.30. The standard InChI is InChI=1S/C14H26N2O4/c1-3-5-6-12(13(17)18)15-11-7-9-16(10-8-11)14(19)20-4-2/h11-12,15H,3-10H2,1-2H3,(H,17,18). The van der Waals surface area contributed by atoms with Gasteiger partial charge in [0.15, 0.2) is 0 Å². The highest BCUT2D eigenvalue weighted by Crippen LogP contribution is 2.13. The molecule has 1 fully saturated rings. The lowest BCUT2D eigenvalue weighted by molar-refractivity contribution is -0.140. The van der Waals surface area contributed by atoms with Crippen molar-refractivity contribution in [3.05, 3.63) is 0 Å². The number of nitrogens with one attached hydrogen (secondary N) is 1. The molecule has 0 spiro atoms. The second-order valence-corrected chi connectivity index (χ2v) is 5.16. The average molecular weight is 286 g/mol. The predicted octanol–water partition coefficient (Wildman–Crippen LogP) is 1.84. The fourth-order valence-electron chi connectivity index (χ4n) is 2.41. The van der Waals surface area contributed by atoms with Gasteiger partial charge in [0.2, 0.25) is 0 Å². The van der Waals surface area contributed by atoms with Crippen LogP contribution in [0.2, 0.25) is 0 Å². The first-order valence-corrected chi connectivity index (χ1v) is 7.49. The number of nitrogens with zero attached hydrogens (tertiary/aromatic N) is 1. The number of carbonyl (C=O) groups is 2. The van der Waals surface area contributed by atoms with Crippen molar-refractivity contribution in [3.8, 4) is 0 Å². The number of piperidine rings is 1. The molecule has 1 unspecified atom stereocenters. The Bertz CT molecular complexity index is 314. The van der Waals surface area contributed by atoms with Gasteiger partial charge in [-0.15, -0.1) is 0 Å². The Balaban J connectivity index is 2.36. The number of carboxylic acid groups (broad SMARTS) is 1. The summed E-state index contributed by atoms with van der Waals surface area (Å²) in [4.78, 5) is 24.4. The molecule has 1 amide bonds. The van der Waals surface area contributed by atoms with E-state index >= 15 is 0 Å². The van der Waals surface area contributed by atoms with Gasteiger partial charge < -0.3 is 20.1 Å². The van der Waals surface area contributed by atoms with Crippen LogP contribution in [0.5, 0.6) is 0 Å². The van der Waals surface area contributed by atoms with Gasteiger partial charge in [0.25, 0.3) is 0 Å². The number of amides is 1. The molecule has 1 heterocycles. The fraction of sp³-hybridized carbons (Fsp3) is 0.857. The van der Waals surface area contributed by atoms with E-state index in [1.54, 1.807) is 11.8 Å². The Kier molecular flexibility index (Phi) is 7.36. The molecule has 0 aromatic rings. The lowest BCUT2D eigenvalue weighted by atomic mass is 10.0. The van der Waals surface area contributed by atoms with Crippen molar-refractivity contribution in [1.82, 2.24) is 10.2 Å². The number of carbonyl (C=O) groups excluding carboxylic acids is 1. The molecule has 1 aliphatic rings. The summed E-state index contributed by atoms with van der Waals surface area (Å²) in [7, 11) is 0. The lowest BCUT2D eigenvalue weighted by Crippen LogP contribution is -2.50. The molecule has 0 aromatic heterocycles. The minimum absolute atomic E-state index is 0.165. The summed E-state index contributed by atoms with van der Waals surface area (Å²) in [5, 5.41) is 12.4. The molecule has 0 bridgehead atoms. The van der Waals surface area contributed by atoms with E-state index in [0.29, 0.717) is 26.1 Å². The summed E-state index contributed by atoms with van der Waals surface area (Å²) in [6.07, 6.45) is 3.83. The van der Waals surface area contributed by atoms with Crippen LogP contribution in [0.4, 0.5) is 4.79 Å². The maximum Gasteiger partial charge on any atom is 0.409 e. The quantitative estimate of drug-likeness (QED) is 0.746. The van der Waals surface area contributed by atoms with Crippen molar-refractivity contribution >= 4 is 12.1 Å². The second kappa shape index (κ2) is 8.79. The predicted molar refractivity (Wildman–Crippen MR) is 75.7 cm³/mol. The van der Waals surface area contributed by atoms with Crippen LogP contribution in [-0.2, 0) is 9.53 Å². The molecular weight excluding hydrogens is 260 g/mol. The third-order valence-electron chi connectivity index (χ3n) is 3.60. The molecule has 1 saturated heterocycles. The minimum atomic E-state index is -0.786. The maximum atomic E-state index is 11.6. The molecule has 0 aromatic carbocycles. The van der Waals surface area contributed by atoms with Crippen LogP contribution in [-0.4, -0.2) is 53.8 Å². The van der Waals surface area contributed by atoms with Crippen molar-refractivity contribution in [2.75, 3.05) is 19.7 Å². The molecule has 1 atom stereocenters. The Morgan fingerprint density at radius 2 is 2.00 bits per heavy atom. The zero-order chi connectivity index (χ0) is 15.0. The van der Waals surface area contributed by atoms with Crippen molar-refractivity contribution in [2.45, 2.75) is 58.0 Å². The fourth-order valence-corrected chi connectivity index (χ4v) is 2.41.